The third-order valence-corrected chi connectivity index (χ3v) is 5.57. The molecule has 2 nitrogen and oxygen atoms in total. The van der Waals surface area contributed by atoms with Crippen LogP contribution in [0.5, 0.6) is 0 Å². The maximum atomic E-state index is 5.91. The van der Waals surface area contributed by atoms with Crippen molar-refractivity contribution in [2.45, 2.75) is 32.1 Å². The van der Waals surface area contributed by atoms with Crippen molar-refractivity contribution in [2.75, 3.05) is 18.0 Å². The molecule has 1 aromatic carbocycles. The van der Waals surface area contributed by atoms with Gasteiger partial charge in [-0.25, -0.2) is 0 Å². The Hall–Kier alpha value is -0.610. The zero-order valence-electron chi connectivity index (χ0n) is 11.6. The number of nitrogens with two attached hydrogens (primary N) is 1. The molecule has 3 rings (SSSR count). The first kappa shape index (κ1) is 14.3. The van der Waals surface area contributed by atoms with E-state index in [1.165, 1.54) is 44.3 Å². The molecule has 0 radical (unpaired) electrons. The minimum atomic E-state index is 0.493. The lowest BCUT2D eigenvalue weighted by molar-refractivity contribution is 0.202. The third kappa shape index (κ3) is 2.86. The molecule has 1 aromatic rings. The summed E-state index contributed by atoms with van der Waals surface area (Å²) in [7, 11) is 0. The summed E-state index contributed by atoms with van der Waals surface area (Å²) in [5.41, 5.74) is 8.12. The normalized spacial score (nSPS) is 26.1. The molecule has 0 bridgehead atoms. The number of hydrogen-bond donors (Lipinski definition) is 1. The minimum Gasteiger partial charge on any atom is -0.389 e. The van der Waals surface area contributed by atoms with Crippen molar-refractivity contribution >= 4 is 38.8 Å². The molecular weight excluding hydrogens is 332 g/mol. The van der Waals surface area contributed by atoms with Gasteiger partial charge < -0.3 is 10.6 Å². The van der Waals surface area contributed by atoms with E-state index in [-0.39, 0.29) is 0 Å². The largest absolute Gasteiger partial charge is 0.389 e. The van der Waals surface area contributed by atoms with Crippen LogP contribution in [0, 0.1) is 11.8 Å². The predicted molar refractivity (Wildman–Crippen MR) is 92.3 cm³/mol. The highest BCUT2D eigenvalue weighted by Gasteiger charge is 2.31. The second-order valence-electron chi connectivity index (χ2n) is 6.07. The van der Waals surface area contributed by atoms with E-state index >= 15 is 0 Å². The fourth-order valence-electron chi connectivity index (χ4n) is 3.80. The summed E-state index contributed by atoms with van der Waals surface area (Å²) in [6.07, 6.45) is 6.97. The van der Waals surface area contributed by atoms with E-state index in [2.05, 4.69) is 33.0 Å². The lowest BCUT2D eigenvalue weighted by Crippen LogP contribution is -2.42. The second kappa shape index (κ2) is 6.02. The Bertz CT molecular complexity index is 517. The van der Waals surface area contributed by atoms with Crippen LogP contribution < -0.4 is 10.6 Å². The molecule has 0 aromatic heterocycles. The Morgan fingerprint density at radius 3 is 2.70 bits per heavy atom. The van der Waals surface area contributed by atoms with Crippen LogP contribution in [0.25, 0.3) is 0 Å². The molecule has 1 saturated carbocycles. The van der Waals surface area contributed by atoms with Crippen molar-refractivity contribution in [3.8, 4) is 0 Å². The molecular formula is C16H21BrN2S. The Morgan fingerprint density at radius 2 is 1.95 bits per heavy atom. The summed E-state index contributed by atoms with van der Waals surface area (Å²) in [5.74, 6) is 1.81. The number of rotatable bonds is 2. The van der Waals surface area contributed by atoms with Crippen molar-refractivity contribution in [3.05, 3.63) is 28.2 Å². The van der Waals surface area contributed by atoms with Gasteiger partial charge in [-0.15, -0.1) is 0 Å². The van der Waals surface area contributed by atoms with E-state index in [1.807, 2.05) is 6.07 Å². The number of halogens is 1. The van der Waals surface area contributed by atoms with E-state index in [0.29, 0.717) is 4.99 Å². The minimum absolute atomic E-state index is 0.493. The van der Waals surface area contributed by atoms with Gasteiger partial charge in [0.15, 0.2) is 0 Å². The Kier molecular flexibility index (Phi) is 4.32. The standard InChI is InChI=1S/C16H21BrN2S/c17-13-5-6-15(14(9-13)16(18)20)19-8-7-11-3-1-2-4-12(11)10-19/h5-6,9,11-12H,1-4,7-8,10H2,(H2,18,20). The maximum Gasteiger partial charge on any atom is 0.106 e. The summed E-state index contributed by atoms with van der Waals surface area (Å²) in [5, 5.41) is 0. The van der Waals surface area contributed by atoms with Crippen LogP contribution in [0.1, 0.15) is 37.7 Å². The second-order valence-corrected chi connectivity index (χ2v) is 7.42. The van der Waals surface area contributed by atoms with Crippen molar-refractivity contribution in [3.63, 3.8) is 0 Å². The van der Waals surface area contributed by atoms with Gasteiger partial charge in [-0.1, -0.05) is 47.4 Å². The number of hydrogen-bond acceptors (Lipinski definition) is 2. The summed E-state index contributed by atoms with van der Waals surface area (Å²) < 4.78 is 1.04. The number of thiocarbonyl (C=S) groups is 1. The topological polar surface area (TPSA) is 29.3 Å². The zero-order chi connectivity index (χ0) is 14.1. The van der Waals surface area contributed by atoms with E-state index < -0.39 is 0 Å². The average Bonchev–Trinajstić information content (AvgIpc) is 2.46. The van der Waals surface area contributed by atoms with Gasteiger partial charge in [-0.05, 0) is 42.9 Å². The fraction of sp³-hybridized carbons (Fsp3) is 0.562. The summed E-state index contributed by atoms with van der Waals surface area (Å²) in [6, 6.07) is 6.29. The van der Waals surface area contributed by atoms with Gasteiger partial charge in [0.25, 0.3) is 0 Å². The maximum absolute atomic E-state index is 5.91. The van der Waals surface area contributed by atoms with Crippen molar-refractivity contribution in [2.24, 2.45) is 17.6 Å². The van der Waals surface area contributed by atoms with Gasteiger partial charge in [0.05, 0.1) is 0 Å². The third-order valence-electron chi connectivity index (χ3n) is 4.86. The summed E-state index contributed by atoms with van der Waals surface area (Å²) in [4.78, 5) is 2.99. The highest BCUT2D eigenvalue weighted by molar-refractivity contribution is 9.10. The Balaban J connectivity index is 1.84. The van der Waals surface area contributed by atoms with Crippen LogP contribution in [0.3, 0.4) is 0 Å². The smallest absolute Gasteiger partial charge is 0.106 e. The monoisotopic (exact) mass is 352 g/mol. The number of nitrogens with zero attached hydrogens (tertiary/aromatic N) is 1. The number of benzene rings is 1. The molecule has 4 heteroatoms. The van der Waals surface area contributed by atoms with Gasteiger partial charge in [-0.3, -0.25) is 0 Å². The molecule has 1 aliphatic heterocycles. The quantitative estimate of drug-likeness (QED) is 0.812. The van der Waals surface area contributed by atoms with Crippen LogP contribution >= 0.6 is 28.1 Å². The first-order chi connectivity index (χ1) is 9.65. The molecule has 20 heavy (non-hydrogen) atoms. The van der Waals surface area contributed by atoms with Gasteiger partial charge in [-0.2, -0.15) is 0 Å². The number of fused-ring (bicyclic) bond motifs is 1. The molecule has 2 N–H and O–H groups in total. The van der Waals surface area contributed by atoms with Gasteiger partial charge >= 0.3 is 0 Å². The first-order valence-corrected chi connectivity index (χ1v) is 8.69. The summed E-state index contributed by atoms with van der Waals surface area (Å²) in [6.45, 7) is 2.31. The van der Waals surface area contributed by atoms with Crippen molar-refractivity contribution in [1.82, 2.24) is 0 Å². The number of piperidine rings is 1. The van der Waals surface area contributed by atoms with E-state index in [9.17, 15) is 0 Å². The van der Waals surface area contributed by atoms with Crippen LogP contribution in [0.4, 0.5) is 5.69 Å². The lowest BCUT2D eigenvalue weighted by atomic mass is 9.75. The first-order valence-electron chi connectivity index (χ1n) is 7.49. The average molecular weight is 353 g/mol. The van der Waals surface area contributed by atoms with Crippen LogP contribution in [-0.4, -0.2) is 18.1 Å². The zero-order valence-corrected chi connectivity index (χ0v) is 14.0. The van der Waals surface area contributed by atoms with Crippen LogP contribution in [-0.2, 0) is 0 Å². The SMILES string of the molecule is NC(=S)c1cc(Br)ccc1N1CCC2CCCCC2C1. The van der Waals surface area contributed by atoms with Crippen molar-refractivity contribution < 1.29 is 0 Å². The molecule has 2 unspecified atom stereocenters. The highest BCUT2D eigenvalue weighted by Crippen LogP contribution is 2.38. The molecule has 2 aliphatic rings. The lowest BCUT2D eigenvalue weighted by Gasteiger charge is -2.42. The van der Waals surface area contributed by atoms with Crippen molar-refractivity contribution in [1.29, 1.82) is 0 Å². The molecule has 1 saturated heterocycles. The summed E-state index contributed by atoms with van der Waals surface area (Å²) >= 11 is 8.73. The van der Waals surface area contributed by atoms with Crippen LogP contribution in [0.2, 0.25) is 0 Å². The van der Waals surface area contributed by atoms with E-state index in [4.69, 9.17) is 18.0 Å². The van der Waals surface area contributed by atoms with Gasteiger partial charge in [0.2, 0.25) is 0 Å². The van der Waals surface area contributed by atoms with E-state index in [0.717, 1.165) is 28.4 Å². The fourth-order valence-corrected chi connectivity index (χ4v) is 4.33. The van der Waals surface area contributed by atoms with Gasteiger partial charge in [0, 0.05) is 28.8 Å². The predicted octanol–water partition coefficient (Wildman–Crippen LogP) is 4.10. The van der Waals surface area contributed by atoms with Crippen LogP contribution in [0.15, 0.2) is 22.7 Å². The van der Waals surface area contributed by atoms with E-state index in [1.54, 1.807) is 0 Å². The number of anilines is 1. The molecule has 0 amide bonds. The molecule has 108 valence electrons. The van der Waals surface area contributed by atoms with Gasteiger partial charge in [0.1, 0.15) is 4.99 Å². The Labute approximate surface area is 134 Å². The molecule has 2 fully saturated rings. The highest BCUT2D eigenvalue weighted by atomic mass is 79.9. The molecule has 1 aliphatic carbocycles. The Morgan fingerprint density at radius 1 is 1.20 bits per heavy atom. The molecule has 1 heterocycles. The molecule has 0 spiro atoms. The molecule has 2 atom stereocenters.